The van der Waals surface area contributed by atoms with E-state index in [-0.39, 0.29) is 17.5 Å². The highest BCUT2D eigenvalue weighted by Gasteiger charge is 2.17. The lowest BCUT2D eigenvalue weighted by molar-refractivity contribution is 0.0946. The van der Waals surface area contributed by atoms with Crippen molar-refractivity contribution in [2.75, 3.05) is 20.7 Å². The van der Waals surface area contributed by atoms with Crippen LogP contribution in [0.1, 0.15) is 26.4 Å². The molecule has 0 fully saturated rings. The molecule has 0 saturated heterocycles. The second-order valence-corrected chi connectivity index (χ2v) is 7.65. The number of nitrogens with zero attached hydrogens (tertiary/aromatic N) is 1. The van der Waals surface area contributed by atoms with E-state index in [1.165, 1.54) is 24.6 Å². The van der Waals surface area contributed by atoms with Crippen molar-refractivity contribution in [3.05, 3.63) is 69.1 Å². The van der Waals surface area contributed by atoms with Gasteiger partial charge < -0.3 is 20.1 Å². The zero-order valence-electron chi connectivity index (χ0n) is 16.4. The van der Waals surface area contributed by atoms with Crippen molar-refractivity contribution in [2.24, 2.45) is 0 Å². The zero-order valence-corrected chi connectivity index (χ0v) is 18.0. The summed E-state index contributed by atoms with van der Waals surface area (Å²) in [5.74, 6) is 1.01. The van der Waals surface area contributed by atoms with Gasteiger partial charge in [0.2, 0.25) is 0 Å². The Bertz CT molecular complexity index is 1050. The van der Waals surface area contributed by atoms with Gasteiger partial charge in [-0.1, -0.05) is 23.7 Å². The highest BCUT2D eigenvalue weighted by molar-refractivity contribution is 7.15. The SMILES string of the molecule is CNC(=O)c1cc(Oc2cccc(CCNC(=O)c3csc(Cl)c3OC)c2)ccn1. The molecule has 156 valence electrons. The third-order valence-corrected chi connectivity index (χ3v) is 5.36. The van der Waals surface area contributed by atoms with Crippen LogP contribution in [-0.4, -0.2) is 37.5 Å². The normalized spacial score (nSPS) is 10.4. The number of rotatable bonds is 8. The fourth-order valence-electron chi connectivity index (χ4n) is 2.71. The average molecular weight is 446 g/mol. The molecule has 0 aliphatic rings. The lowest BCUT2D eigenvalue weighted by Crippen LogP contribution is -2.25. The van der Waals surface area contributed by atoms with Gasteiger partial charge >= 0.3 is 0 Å². The molecule has 0 aliphatic heterocycles. The molecule has 3 rings (SSSR count). The van der Waals surface area contributed by atoms with E-state index in [0.717, 1.165) is 5.56 Å². The number of benzene rings is 1. The molecule has 2 N–H and O–H groups in total. The molecule has 30 heavy (non-hydrogen) atoms. The van der Waals surface area contributed by atoms with Crippen LogP contribution < -0.4 is 20.1 Å². The predicted octanol–water partition coefficient (Wildman–Crippen LogP) is 3.93. The second-order valence-electron chi connectivity index (χ2n) is 6.17. The summed E-state index contributed by atoms with van der Waals surface area (Å²) in [5.41, 5.74) is 1.69. The molecule has 3 aromatic rings. The Morgan fingerprint density at radius 2 is 1.97 bits per heavy atom. The van der Waals surface area contributed by atoms with Crippen molar-refractivity contribution in [1.29, 1.82) is 0 Å². The largest absolute Gasteiger partial charge is 0.493 e. The number of nitrogens with one attached hydrogen (secondary N) is 2. The van der Waals surface area contributed by atoms with Gasteiger partial charge in [0.15, 0.2) is 5.75 Å². The Morgan fingerprint density at radius 3 is 2.73 bits per heavy atom. The number of aromatic nitrogens is 1. The number of thiophene rings is 1. The fourth-order valence-corrected chi connectivity index (χ4v) is 3.76. The average Bonchev–Trinajstić information content (AvgIpc) is 3.14. The van der Waals surface area contributed by atoms with Crippen molar-refractivity contribution in [1.82, 2.24) is 15.6 Å². The van der Waals surface area contributed by atoms with Gasteiger partial charge in [-0.2, -0.15) is 0 Å². The van der Waals surface area contributed by atoms with Gasteiger partial charge in [-0.05, 0) is 30.2 Å². The second kappa shape index (κ2) is 10.1. The van der Waals surface area contributed by atoms with Crippen molar-refractivity contribution in [3.63, 3.8) is 0 Å². The van der Waals surface area contributed by atoms with Gasteiger partial charge in [0.1, 0.15) is 21.5 Å². The highest BCUT2D eigenvalue weighted by atomic mass is 35.5. The van der Waals surface area contributed by atoms with Gasteiger partial charge in [0, 0.05) is 31.2 Å². The topological polar surface area (TPSA) is 89.6 Å². The van der Waals surface area contributed by atoms with E-state index in [9.17, 15) is 9.59 Å². The minimum atomic E-state index is -0.284. The molecule has 2 aromatic heterocycles. The Morgan fingerprint density at radius 1 is 1.17 bits per heavy atom. The summed E-state index contributed by atoms with van der Waals surface area (Å²) in [4.78, 5) is 28.1. The maximum Gasteiger partial charge on any atom is 0.269 e. The standard InChI is InChI=1S/C21H20ClN3O4S/c1-23-21(27)17-11-15(7-9-24-17)29-14-5-3-4-13(10-14)6-8-25-20(26)16-12-30-19(22)18(16)28-2/h3-5,7,9-12H,6,8H2,1-2H3,(H,23,27)(H,25,26). The molecule has 7 nitrogen and oxygen atoms in total. The monoisotopic (exact) mass is 445 g/mol. The van der Waals surface area contributed by atoms with E-state index < -0.39 is 0 Å². The van der Waals surface area contributed by atoms with Crippen molar-refractivity contribution >= 4 is 34.8 Å². The summed E-state index contributed by atoms with van der Waals surface area (Å²) in [6, 6.07) is 10.8. The van der Waals surface area contributed by atoms with Gasteiger partial charge in [0.25, 0.3) is 11.8 Å². The maximum atomic E-state index is 12.3. The van der Waals surface area contributed by atoms with Crippen LogP contribution in [0.25, 0.3) is 0 Å². The van der Waals surface area contributed by atoms with E-state index in [0.29, 0.717) is 40.1 Å². The first-order valence-corrected chi connectivity index (χ1v) is 10.3. The van der Waals surface area contributed by atoms with Crippen LogP contribution in [0.4, 0.5) is 0 Å². The molecule has 0 spiro atoms. The van der Waals surface area contributed by atoms with E-state index in [1.807, 2.05) is 24.3 Å². The Balaban J connectivity index is 1.59. The lowest BCUT2D eigenvalue weighted by atomic mass is 10.1. The fraction of sp³-hybridized carbons (Fsp3) is 0.190. The number of halogens is 1. The smallest absolute Gasteiger partial charge is 0.269 e. The van der Waals surface area contributed by atoms with Crippen LogP contribution in [0.15, 0.2) is 48.0 Å². The summed E-state index contributed by atoms with van der Waals surface area (Å²) >= 11 is 7.27. The van der Waals surface area contributed by atoms with Crippen molar-refractivity contribution in [2.45, 2.75) is 6.42 Å². The van der Waals surface area contributed by atoms with E-state index in [2.05, 4.69) is 15.6 Å². The van der Waals surface area contributed by atoms with Crippen LogP contribution in [0.3, 0.4) is 0 Å². The molecule has 1 aromatic carbocycles. The van der Waals surface area contributed by atoms with Crippen molar-refractivity contribution in [3.8, 4) is 17.2 Å². The van der Waals surface area contributed by atoms with E-state index in [4.69, 9.17) is 21.1 Å². The molecule has 0 saturated carbocycles. The number of hydrogen-bond donors (Lipinski definition) is 2. The van der Waals surface area contributed by atoms with E-state index >= 15 is 0 Å². The van der Waals surface area contributed by atoms with E-state index in [1.54, 1.807) is 24.6 Å². The summed E-state index contributed by atoms with van der Waals surface area (Å²) < 4.78 is 11.5. The molecular weight excluding hydrogens is 426 g/mol. The van der Waals surface area contributed by atoms with Gasteiger partial charge in [-0.3, -0.25) is 14.6 Å². The first-order chi connectivity index (χ1) is 14.5. The van der Waals surface area contributed by atoms with Crippen LogP contribution in [0.5, 0.6) is 17.2 Å². The number of carbonyl (C=O) groups excluding carboxylic acids is 2. The van der Waals surface area contributed by atoms with Crippen LogP contribution in [0, 0.1) is 0 Å². The Kier molecular flexibility index (Phi) is 7.26. The summed E-state index contributed by atoms with van der Waals surface area (Å²) in [6.45, 7) is 0.439. The summed E-state index contributed by atoms with van der Waals surface area (Å²) in [7, 11) is 3.03. The molecule has 0 atom stereocenters. The summed E-state index contributed by atoms with van der Waals surface area (Å²) in [6.07, 6.45) is 2.13. The lowest BCUT2D eigenvalue weighted by Gasteiger charge is -2.09. The van der Waals surface area contributed by atoms with Crippen LogP contribution in [0.2, 0.25) is 4.34 Å². The third-order valence-electron chi connectivity index (χ3n) is 4.18. The molecule has 0 unspecified atom stereocenters. The third kappa shape index (κ3) is 5.28. The minimum absolute atomic E-state index is 0.235. The Hall–Kier alpha value is -3.10. The predicted molar refractivity (Wildman–Crippen MR) is 116 cm³/mol. The highest BCUT2D eigenvalue weighted by Crippen LogP contribution is 2.34. The number of carbonyl (C=O) groups is 2. The van der Waals surface area contributed by atoms with Crippen molar-refractivity contribution < 1.29 is 19.1 Å². The first-order valence-electron chi connectivity index (χ1n) is 9.06. The minimum Gasteiger partial charge on any atom is -0.493 e. The van der Waals surface area contributed by atoms with Gasteiger partial charge in [-0.15, -0.1) is 11.3 Å². The van der Waals surface area contributed by atoms with Gasteiger partial charge in [0.05, 0.1) is 12.7 Å². The molecule has 9 heteroatoms. The first kappa shape index (κ1) is 21.6. The number of pyridine rings is 1. The van der Waals surface area contributed by atoms with Crippen LogP contribution in [-0.2, 0) is 6.42 Å². The molecule has 2 heterocycles. The molecule has 0 radical (unpaired) electrons. The maximum absolute atomic E-state index is 12.3. The number of methoxy groups -OCH3 is 1. The molecule has 0 bridgehead atoms. The quantitative estimate of drug-likeness (QED) is 0.548. The van der Waals surface area contributed by atoms with Gasteiger partial charge in [-0.25, -0.2) is 0 Å². The number of amides is 2. The molecule has 0 aliphatic carbocycles. The number of hydrogen-bond acceptors (Lipinski definition) is 6. The molecule has 2 amide bonds. The van der Waals surface area contributed by atoms with Crippen LogP contribution >= 0.6 is 22.9 Å². The molecular formula is C21H20ClN3O4S. The Labute approximate surface area is 183 Å². The zero-order chi connectivity index (χ0) is 21.5. The summed E-state index contributed by atoms with van der Waals surface area (Å²) in [5, 5.41) is 7.07. The number of ether oxygens (including phenoxy) is 2.